The van der Waals surface area contributed by atoms with E-state index in [1.54, 1.807) is 43.3 Å². The Kier molecular flexibility index (Phi) is 7.47. The summed E-state index contributed by atoms with van der Waals surface area (Å²) in [6, 6.07) is 9.98. The van der Waals surface area contributed by atoms with Crippen LogP contribution in [0.5, 0.6) is 0 Å². The molecule has 7 nitrogen and oxygen atoms in total. The SMILES string of the molecule is CCOC(=O)c1cccnc1NCC(=O)c1ccc(CC(=O)OC(C)(C)C)cc1. The largest absolute Gasteiger partial charge is 0.462 e. The van der Waals surface area contributed by atoms with Gasteiger partial charge in [0.25, 0.3) is 0 Å². The van der Waals surface area contributed by atoms with Crippen LogP contribution in [0.15, 0.2) is 42.6 Å². The van der Waals surface area contributed by atoms with Crippen LogP contribution in [-0.4, -0.2) is 41.5 Å². The topological polar surface area (TPSA) is 94.6 Å². The first-order chi connectivity index (χ1) is 13.7. The van der Waals surface area contributed by atoms with Crippen molar-refractivity contribution in [2.75, 3.05) is 18.5 Å². The number of Topliss-reactive ketones (excluding diaryl/α,β-unsaturated/α-hetero) is 1. The van der Waals surface area contributed by atoms with Gasteiger partial charge in [0, 0.05) is 11.8 Å². The minimum absolute atomic E-state index is 0.0329. The molecule has 0 radical (unpaired) electrons. The summed E-state index contributed by atoms with van der Waals surface area (Å²) in [6.45, 7) is 7.38. The minimum Gasteiger partial charge on any atom is -0.462 e. The van der Waals surface area contributed by atoms with Crippen molar-refractivity contribution >= 4 is 23.5 Å². The summed E-state index contributed by atoms with van der Waals surface area (Å²) in [5, 5.41) is 2.89. The van der Waals surface area contributed by atoms with Gasteiger partial charge >= 0.3 is 11.9 Å². The second-order valence-electron chi connectivity index (χ2n) is 7.36. The lowest BCUT2D eigenvalue weighted by Crippen LogP contribution is -2.24. The number of carbonyl (C=O) groups is 3. The Morgan fingerprint density at radius 2 is 1.76 bits per heavy atom. The van der Waals surface area contributed by atoms with E-state index in [0.29, 0.717) is 11.4 Å². The van der Waals surface area contributed by atoms with E-state index >= 15 is 0 Å². The third-order valence-electron chi connectivity index (χ3n) is 3.76. The second-order valence-corrected chi connectivity index (χ2v) is 7.36. The summed E-state index contributed by atoms with van der Waals surface area (Å²) < 4.78 is 10.3. The molecule has 1 N–H and O–H groups in total. The van der Waals surface area contributed by atoms with E-state index < -0.39 is 11.6 Å². The maximum Gasteiger partial charge on any atom is 0.341 e. The molecule has 7 heteroatoms. The second kappa shape index (κ2) is 9.82. The van der Waals surface area contributed by atoms with E-state index in [2.05, 4.69) is 10.3 Å². The first kappa shape index (κ1) is 22.1. The van der Waals surface area contributed by atoms with E-state index in [1.165, 1.54) is 6.20 Å². The quantitative estimate of drug-likeness (QED) is 0.538. The number of ketones is 1. The van der Waals surface area contributed by atoms with Gasteiger partial charge < -0.3 is 14.8 Å². The van der Waals surface area contributed by atoms with Crippen molar-refractivity contribution in [3.63, 3.8) is 0 Å². The summed E-state index contributed by atoms with van der Waals surface area (Å²) in [5.74, 6) is -0.697. The third-order valence-corrected chi connectivity index (χ3v) is 3.76. The van der Waals surface area contributed by atoms with Crippen molar-refractivity contribution in [1.29, 1.82) is 0 Å². The summed E-state index contributed by atoms with van der Waals surface area (Å²) in [5.41, 5.74) is 0.985. The summed E-state index contributed by atoms with van der Waals surface area (Å²) in [6.07, 6.45) is 1.67. The molecule has 154 valence electrons. The van der Waals surface area contributed by atoms with E-state index in [0.717, 1.165) is 5.56 Å². The molecule has 0 amide bonds. The van der Waals surface area contributed by atoms with Crippen molar-refractivity contribution in [2.45, 2.75) is 39.7 Å². The molecule has 29 heavy (non-hydrogen) atoms. The van der Waals surface area contributed by atoms with Crippen molar-refractivity contribution in [3.05, 3.63) is 59.3 Å². The smallest absolute Gasteiger partial charge is 0.341 e. The predicted octanol–water partition coefficient (Wildman–Crippen LogP) is 3.44. The van der Waals surface area contributed by atoms with Crippen molar-refractivity contribution in [1.82, 2.24) is 4.98 Å². The van der Waals surface area contributed by atoms with Crippen molar-refractivity contribution in [2.24, 2.45) is 0 Å². The molecule has 1 aromatic heterocycles. The summed E-state index contributed by atoms with van der Waals surface area (Å²) in [4.78, 5) is 40.4. The van der Waals surface area contributed by atoms with E-state index in [9.17, 15) is 14.4 Å². The maximum absolute atomic E-state index is 12.4. The molecule has 0 atom stereocenters. The van der Waals surface area contributed by atoms with Gasteiger partial charge in [0.05, 0.1) is 19.6 Å². The van der Waals surface area contributed by atoms with Crippen LogP contribution >= 0.6 is 0 Å². The van der Waals surface area contributed by atoms with E-state index in [-0.39, 0.29) is 36.9 Å². The number of pyridine rings is 1. The van der Waals surface area contributed by atoms with E-state index in [4.69, 9.17) is 9.47 Å². The van der Waals surface area contributed by atoms with Crippen LogP contribution in [0.4, 0.5) is 5.82 Å². The van der Waals surface area contributed by atoms with Gasteiger partial charge in [0.1, 0.15) is 17.0 Å². The lowest BCUT2D eigenvalue weighted by atomic mass is 10.1. The highest BCUT2D eigenvalue weighted by Gasteiger charge is 2.17. The monoisotopic (exact) mass is 398 g/mol. The molecular formula is C22H26N2O5. The van der Waals surface area contributed by atoms with Crippen LogP contribution in [0.3, 0.4) is 0 Å². The van der Waals surface area contributed by atoms with Crippen LogP contribution in [0, 0.1) is 0 Å². The lowest BCUT2D eigenvalue weighted by molar-refractivity contribution is -0.153. The van der Waals surface area contributed by atoms with Gasteiger partial charge in [-0.15, -0.1) is 0 Å². The minimum atomic E-state index is -0.535. The molecule has 0 saturated carbocycles. The number of hydrogen-bond donors (Lipinski definition) is 1. The highest BCUT2D eigenvalue weighted by molar-refractivity contribution is 6.00. The number of rotatable bonds is 8. The maximum atomic E-state index is 12.4. The Labute approximate surface area is 170 Å². The number of benzene rings is 1. The van der Waals surface area contributed by atoms with Crippen molar-refractivity contribution < 1.29 is 23.9 Å². The third kappa shape index (κ3) is 7.03. The van der Waals surface area contributed by atoms with Crippen LogP contribution in [0.2, 0.25) is 0 Å². The molecule has 0 unspecified atom stereocenters. The first-order valence-corrected chi connectivity index (χ1v) is 9.39. The number of hydrogen-bond acceptors (Lipinski definition) is 7. The Balaban J connectivity index is 1.97. The molecule has 0 spiro atoms. The molecule has 1 heterocycles. The molecule has 0 aliphatic heterocycles. The highest BCUT2D eigenvalue weighted by Crippen LogP contribution is 2.14. The fourth-order valence-electron chi connectivity index (χ4n) is 2.54. The van der Waals surface area contributed by atoms with Gasteiger partial charge in [-0.3, -0.25) is 9.59 Å². The zero-order valence-corrected chi connectivity index (χ0v) is 17.2. The highest BCUT2D eigenvalue weighted by atomic mass is 16.6. The average Bonchev–Trinajstić information content (AvgIpc) is 2.65. The van der Waals surface area contributed by atoms with Gasteiger partial charge in [-0.1, -0.05) is 24.3 Å². The number of nitrogens with one attached hydrogen (secondary N) is 1. The number of esters is 2. The summed E-state index contributed by atoms with van der Waals surface area (Å²) in [7, 11) is 0. The fourth-order valence-corrected chi connectivity index (χ4v) is 2.54. The van der Waals surface area contributed by atoms with Crippen LogP contribution < -0.4 is 5.32 Å². The Bertz CT molecular complexity index is 870. The van der Waals surface area contributed by atoms with Gasteiger partial charge in [-0.25, -0.2) is 9.78 Å². The number of ether oxygens (including phenoxy) is 2. The fraction of sp³-hybridized carbons (Fsp3) is 0.364. The number of nitrogens with zero attached hydrogens (tertiary/aromatic N) is 1. The molecule has 0 bridgehead atoms. The van der Waals surface area contributed by atoms with Gasteiger partial charge in [-0.2, -0.15) is 0 Å². The number of carbonyl (C=O) groups excluding carboxylic acids is 3. The molecule has 1 aromatic carbocycles. The average molecular weight is 398 g/mol. The standard InChI is InChI=1S/C22H26N2O5/c1-5-28-21(27)17-7-6-12-23-20(17)24-14-18(25)16-10-8-15(9-11-16)13-19(26)29-22(2,3)4/h6-12H,5,13-14H2,1-4H3,(H,23,24). The predicted molar refractivity (Wildman–Crippen MR) is 109 cm³/mol. The molecule has 2 rings (SSSR count). The first-order valence-electron chi connectivity index (χ1n) is 9.39. The molecule has 0 aliphatic rings. The zero-order chi connectivity index (χ0) is 21.4. The number of aromatic nitrogens is 1. The van der Waals surface area contributed by atoms with Crippen LogP contribution in [-0.2, 0) is 20.7 Å². The molecule has 0 saturated heterocycles. The normalized spacial score (nSPS) is 10.9. The number of anilines is 1. The molecule has 0 fully saturated rings. The molecule has 0 aliphatic carbocycles. The van der Waals surface area contributed by atoms with Crippen LogP contribution in [0.25, 0.3) is 0 Å². The molecule has 2 aromatic rings. The molecular weight excluding hydrogens is 372 g/mol. The Morgan fingerprint density at radius 1 is 1.07 bits per heavy atom. The van der Waals surface area contributed by atoms with Gasteiger partial charge in [0.2, 0.25) is 0 Å². The Hall–Kier alpha value is -3.22. The summed E-state index contributed by atoms with van der Waals surface area (Å²) >= 11 is 0. The van der Waals surface area contributed by atoms with Crippen LogP contribution in [0.1, 0.15) is 54.0 Å². The van der Waals surface area contributed by atoms with E-state index in [1.807, 2.05) is 20.8 Å². The van der Waals surface area contributed by atoms with Gasteiger partial charge in [0.15, 0.2) is 5.78 Å². The van der Waals surface area contributed by atoms with Gasteiger partial charge in [-0.05, 0) is 45.4 Å². The van der Waals surface area contributed by atoms with Crippen molar-refractivity contribution in [3.8, 4) is 0 Å². The zero-order valence-electron chi connectivity index (χ0n) is 17.2. The lowest BCUT2D eigenvalue weighted by Gasteiger charge is -2.19. The Morgan fingerprint density at radius 3 is 2.38 bits per heavy atom.